The largest absolute Gasteiger partial charge is 0.423 e. The van der Waals surface area contributed by atoms with E-state index in [1.807, 2.05) is 0 Å². The zero-order valence-corrected chi connectivity index (χ0v) is 15.4. The number of nitrogens with zero attached hydrogens (tertiary/aromatic N) is 2. The van der Waals surface area contributed by atoms with Crippen LogP contribution in [0, 0.1) is 20.2 Å². The fourth-order valence-corrected chi connectivity index (χ4v) is 2.57. The Balaban J connectivity index is 1.85. The summed E-state index contributed by atoms with van der Waals surface area (Å²) in [4.78, 5) is 59.6. The van der Waals surface area contributed by atoms with E-state index in [1.165, 1.54) is 42.5 Å². The number of ether oxygens (including phenoxy) is 1. The molecule has 0 aliphatic carbocycles. The highest BCUT2D eigenvalue weighted by Crippen LogP contribution is 2.20. The van der Waals surface area contributed by atoms with Crippen molar-refractivity contribution in [2.45, 2.75) is 0 Å². The number of H-pyrrole nitrogens is 2. The van der Waals surface area contributed by atoms with Crippen molar-refractivity contribution in [2.75, 3.05) is 0 Å². The summed E-state index contributed by atoms with van der Waals surface area (Å²) in [6.45, 7) is 0. The fraction of sp³-hybridized carbons (Fsp3) is 0. The number of benzene rings is 2. The number of non-ortho nitro benzene ring substituents is 1. The monoisotopic (exact) mass is 424 g/mol. The van der Waals surface area contributed by atoms with Crippen LogP contribution in [0.5, 0.6) is 5.75 Å². The summed E-state index contributed by atoms with van der Waals surface area (Å²) < 4.78 is 5.21. The number of carbonyl (C=O) groups excluding carboxylic acids is 1. The summed E-state index contributed by atoms with van der Waals surface area (Å²) in [5, 5.41) is 21.9. The van der Waals surface area contributed by atoms with E-state index in [1.54, 1.807) is 11.1 Å². The molecule has 0 aliphatic heterocycles. The van der Waals surface area contributed by atoms with Gasteiger partial charge in [0.15, 0.2) is 0 Å². The second-order valence-corrected chi connectivity index (χ2v) is 6.03. The average Bonchev–Trinajstić information content (AvgIpc) is 2.71. The number of nitro groups is 2. The molecule has 2 N–H and O–H groups in total. The normalized spacial score (nSPS) is 10.7. The standard InChI is InChI=1S/C19H12N4O8/c24-17-16(23(29)30)15(20-19(26)21-17)8-7-11-3-1-6-14(9-11)31-18(25)12-4-2-5-13(10-12)22(27)28/h1-10H,(H2,20,21,24,26)/b8-7+. The third-order valence-electron chi connectivity index (χ3n) is 3.93. The molecule has 0 fully saturated rings. The van der Waals surface area contributed by atoms with Crippen LogP contribution in [-0.4, -0.2) is 25.8 Å². The molecule has 0 amide bonds. The van der Waals surface area contributed by atoms with Gasteiger partial charge in [-0.15, -0.1) is 0 Å². The van der Waals surface area contributed by atoms with Gasteiger partial charge in [-0.25, -0.2) is 9.59 Å². The first-order valence-corrected chi connectivity index (χ1v) is 8.50. The minimum atomic E-state index is -1.15. The van der Waals surface area contributed by atoms with Crippen LogP contribution >= 0.6 is 0 Å². The maximum atomic E-state index is 12.3. The predicted octanol–water partition coefficient (Wildman–Crippen LogP) is 2.27. The molecule has 0 bridgehead atoms. The highest BCUT2D eigenvalue weighted by Gasteiger charge is 2.19. The Labute approximate surface area is 171 Å². The lowest BCUT2D eigenvalue weighted by Crippen LogP contribution is -2.25. The van der Waals surface area contributed by atoms with Crippen molar-refractivity contribution >= 4 is 29.5 Å². The molecule has 31 heavy (non-hydrogen) atoms. The van der Waals surface area contributed by atoms with Crippen molar-refractivity contribution < 1.29 is 19.4 Å². The Hall–Kier alpha value is -4.87. The molecule has 12 nitrogen and oxygen atoms in total. The molecular formula is C19H12N4O8. The van der Waals surface area contributed by atoms with Gasteiger partial charge in [0.05, 0.1) is 15.4 Å². The number of nitro benzene ring substituents is 1. The summed E-state index contributed by atoms with van der Waals surface area (Å²) in [6.07, 6.45) is 2.53. The number of rotatable bonds is 6. The van der Waals surface area contributed by atoms with Crippen molar-refractivity contribution in [2.24, 2.45) is 0 Å². The summed E-state index contributed by atoms with van der Waals surface area (Å²) in [7, 11) is 0. The van der Waals surface area contributed by atoms with Crippen molar-refractivity contribution in [3.8, 4) is 5.75 Å². The number of nitrogens with one attached hydrogen (secondary N) is 2. The Morgan fingerprint density at radius 2 is 1.68 bits per heavy atom. The summed E-state index contributed by atoms with van der Waals surface area (Å²) in [5.41, 5.74) is -3.05. The van der Waals surface area contributed by atoms with Gasteiger partial charge in [-0.05, 0) is 29.8 Å². The number of carbonyl (C=O) groups is 1. The van der Waals surface area contributed by atoms with Crippen LogP contribution in [0.2, 0.25) is 0 Å². The van der Waals surface area contributed by atoms with Crippen molar-refractivity contribution in [1.82, 2.24) is 9.97 Å². The second-order valence-electron chi connectivity index (χ2n) is 6.03. The van der Waals surface area contributed by atoms with Gasteiger partial charge in [0.2, 0.25) is 0 Å². The van der Waals surface area contributed by atoms with E-state index in [9.17, 15) is 34.6 Å². The maximum Gasteiger partial charge on any atom is 0.357 e. The van der Waals surface area contributed by atoms with E-state index in [2.05, 4.69) is 4.98 Å². The van der Waals surface area contributed by atoms with E-state index in [0.29, 0.717) is 5.56 Å². The number of aromatic nitrogens is 2. The minimum absolute atomic E-state index is 0.0214. The second kappa shape index (κ2) is 8.65. The number of hydrogen-bond acceptors (Lipinski definition) is 8. The van der Waals surface area contributed by atoms with E-state index < -0.39 is 32.8 Å². The third-order valence-corrected chi connectivity index (χ3v) is 3.93. The average molecular weight is 424 g/mol. The smallest absolute Gasteiger partial charge is 0.357 e. The first-order valence-electron chi connectivity index (χ1n) is 8.50. The molecule has 0 saturated heterocycles. The maximum absolute atomic E-state index is 12.3. The predicted molar refractivity (Wildman–Crippen MR) is 108 cm³/mol. The van der Waals surface area contributed by atoms with Crippen LogP contribution in [0.3, 0.4) is 0 Å². The van der Waals surface area contributed by atoms with Gasteiger partial charge in [0, 0.05) is 12.1 Å². The Kier molecular flexibility index (Phi) is 5.82. The molecule has 3 aromatic rings. The molecule has 0 aliphatic rings. The summed E-state index contributed by atoms with van der Waals surface area (Å²) in [6, 6.07) is 11.0. The topological polar surface area (TPSA) is 178 Å². The van der Waals surface area contributed by atoms with Crippen LogP contribution in [0.25, 0.3) is 12.2 Å². The van der Waals surface area contributed by atoms with Gasteiger partial charge < -0.3 is 9.72 Å². The highest BCUT2D eigenvalue weighted by atomic mass is 16.6. The van der Waals surface area contributed by atoms with Crippen molar-refractivity contribution in [3.05, 3.63) is 106 Å². The van der Waals surface area contributed by atoms with Crippen LogP contribution in [0.1, 0.15) is 21.6 Å². The van der Waals surface area contributed by atoms with E-state index in [0.717, 1.165) is 12.1 Å². The first kappa shape index (κ1) is 20.9. The lowest BCUT2D eigenvalue weighted by Gasteiger charge is -2.05. The van der Waals surface area contributed by atoms with Gasteiger partial charge in [-0.3, -0.25) is 30.0 Å². The minimum Gasteiger partial charge on any atom is -0.423 e. The molecule has 0 atom stereocenters. The van der Waals surface area contributed by atoms with Crippen molar-refractivity contribution in [1.29, 1.82) is 0 Å². The van der Waals surface area contributed by atoms with E-state index >= 15 is 0 Å². The van der Waals surface area contributed by atoms with E-state index in [4.69, 9.17) is 4.74 Å². The van der Waals surface area contributed by atoms with Gasteiger partial charge in [-0.1, -0.05) is 24.3 Å². The van der Waals surface area contributed by atoms with Gasteiger partial charge in [-0.2, -0.15) is 0 Å². The Bertz CT molecular complexity index is 1340. The van der Waals surface area contributed by atoms with Crippen LogP contribution in [-0.2, 0) is 0 Å². The lowest BCUT2D eigenvalue weighted by atomic mass is 10.1. The molecular weight excluding hydrogens is 412 g/mol. The van der Waals surface area contributed by atoms with Gasteiger partial charge >= 0.3 is 22.9 Å². The van der Waals surface area contributed by atoms with Crippen LogP contribution < -0.4 is 16.0 Å². The molecule has 0 saturated carbocycles. The Morgan fingerprint density at radius 1 is 0.935 bits per heavy atom. The fourth-order valence-electron chi connectivity index (χ4n) is 2.57. The molecule has 0 unspecified atom stereocenters. The summed E-state index contributed by atoms with van der Waals surface area (Å²) in [5.74, 6) is -0.716. The molecule has 0 spiro atoms. The first-order chi connectivity index (χ1) is 14.7. The number of hydrogen-bond donors (Lipinski definition) is 2. The van der Waals surface area contributed by atoms with Crippen LogP contribution in [0.4, 0.5) is 11.4 Å². The highest BCUT2D eigenvalue weighted by molar-refractivity contribution is 5.91. The molecule has 0 radical (unpaired) electrons. The number of esters is 1. The van der Waals surface area contributed by atoms with Crippen LogP contribution in [0.15, 0.2) is 58.1 Å². The quantitative estimate of drug-likeness (QED) is 0.262. The third kappa shape index (κ3) is 4.95. The SMILES string of the molecule is O=C(Oc1cccc(/C=C/c2[nH]c(=O)[nH]c(=O)c2[N+](=O)[O-])c1)c1cccc([N+](=O)[O-])c1. The molecule has 1 aromatic heterocycles. The summed E-state index contributed by atoms with van der Waals surface area (Å²) >= 11 is 0. The zero-order chi connectivity index (χ0) is 22.5. The van der Waals surface area contributed by atoms with Crippen molar-refractivity contribution in [3.63, 3.8) is 0 Å². The molecule has 156 valence electrons. The van der Waals surface area contributed by atoms with Gasteiger partial charge in [0.1, 0.15) is 11.4 Å². The molecule has 3 rings (SSSR count). The molecule has 1 heterocycles. The van der Waals surface area contributed by atoms with Gasteiger partial charge in [0.25, 0.3) is 5.69 Å². The zero-order valence-electron chi connectivity index (χ0n) is 15.4. The number of aromatic amines is 2. The Morgan fingerprint density at radius 3 is 2.39 bits per heavy atom. The molecule has 12 heteroatoms. The lowest BCUT2D eigenvalue weighted by molar-refractivity contribution is -0.386. The van der Waals surface area contributed by atoms with E-state index in [-0.39, 0.29) is 22.7 Å². The molecule has 2 aromatic carbocycles.